The summed E-state index contributed by atoms with van der Waals surface area (Å²) in [5.41, 5.74) is 7.89. The minimum absolute atomic E-state index is 0.608. The molecule has 0 radical (unpaired) electrons. The third-order valence-electron chi connectivity index (χ3n) is 2.80. The van der Waals surface area contributed by atoms with Gasteiger partial charge in [-0.1, -0.05) is 37.9 Å². The molecule has 0 atom stereocenters. The smallest absolute Gasteiger partial charge is 0.131 e. The molecule has 2 aromatic carbocycles. The van der Waals surface area contributed by atoms with Crippen molar-refractivity contribution in [1.29, 1.82) is 0 Å². The number of aryl methyl sites for hydroxylation is 1. The molecule has 0 spiro atoms. The van der Waals surface area contributed by atoms with E-state index in [1.54, 1.807) is 0 Å². The van der Waals surface area contributed by atoms with Gasteiger partial charge in [0, 0.05) is 8.95 Å². The van der Waals surface area contributed by atoms with Gasteiger partial charge in [0.15, 0.2) is 0 Å². The Morgan fingerprint density at radius 1 is 1.11 bits per heavy atom. The average Bonchev–Trinajstić information content (AvgIpc) is 2.37. The van der Waals surface area contributed by atoms with Gasteiger partial charge in [0.25, 0.3) is 0 Å². The summed E-state index contributed by atoms with van der Waals surface area (Å²) in [6.07, 6.45) is 0.804. The number of ether oxygens (including phenoxy) is 1. The van der Waals surface area contributed by atoms with E-state index in [-0.39, 0.29) is 0 Å². The van der Waals surface area contributed by atoms with Crippen LogP contribution in [-0.4, -0.2) is 6.54 Å². The lowest BCUT2D eigenvalue weighted by atomic mass is 10.1. The number of hydrogen-bond donors (Lipinski definition) is 1. The number of nitrogens with two attached hydrogens (primary N) is 1. The highest BCUT2D eigenvalue weighted by Gasteiger charge is 2.06. The van der Waals surface area contributed by atoms with Gasteiger partial charge in [0.2, 0.25) is 0 Å². The van der Waals surface area contributed by atoms with Crippen LogP contribution in [0.1, 0.15) is 11.1 Å². The first-order chi connectivity index (χ1) is 9.10. The molecule has 2 N–H and O–H groups in total. The van der Waals surface area contributed by atoms with Crippen molar-refractivity contribution < 1.29 is 4.74 Å². The zero-order chi connectivity index (χ0) is 13.8. The van der Waals surface area contributed by atoms with Crippen molar-refractivity contribution in [3.8, 4) is 11.5 Å². The van der Waals surface area contributed by atoms with E-state index in [9.17, 15) is 0 Å². The molecule has 0 heterocycles. The van der Waals surface area contributed by atoms with Gasteiger partial charge >= 0.3 is 0 Å². The maximum atomic E-state index is 5.97. The molecule has 19 heavy (non-hydrogen) atoms. The van der Waals surface area contributed by atoms with Gasteiger partial charge in [-0.05, 0) is 61.3 Å². The molecule has 0 saturated heterocycles. The standard InChI is InChI=1S/C15H15Br2NO/c1-10-8-13(4-5-14(10)17)19-15-9-12(16)3-2-11(15)6-7-18/h2-5,8-9H,6-7,18H2,1H3. The van der Waals surface area contributed by atoms with Gasteiger partial charge in [-0.3, -0.25) is 0 Å². The Kier molecular flexibility index (Phi) is 5.02. The summed E-state index contributed by atoms with van der Waals surface area (Å²) in [6, 6.07) is 12.0. The Hall–Kier alpha value is -0.840. The van der Waals surface area contributed by atoms with Crippen molar-refractivity contribution >= 4 is 31.9 Å². The zero-order valence-electron chi connectivity index (χ0n) is 10.6. The maximum absolute atomic E-state index is 5.97. The van der Waals surface area contributed by atoms with Crippen LogP contribution in [0.3, 0.4) is 0 Å². The van der Waals surface area contributed by atoms with Crippen LogP contribution >= 0.6 is 31.9 Å². The van der Waals surface area contributed by atoms with Gasteiger partial charge in [0.1, 0.15) is 11.5 Å². The molecule has 2 rings (SSSR count). The first-order valence-electron chi connectivity index (χ1n) is 6.02. The van der Waals surface area contributed by atoms with Crippen molar-refractivity contribution in [2.24, 2.45) is 5.73 Å². The van der Waals surface area contributed by atoms with Crippen LogP contribution in [0.5, 0.6) is 11.5 Å². The van der Waals surface area contributed by atoms with Crippen molar-refractivity contribution in [3.63, 3.8) is 0 Å². The quantitative estimate of drug-likeness (QED) is 0.820. The molecule has 2 nitrogen and oxygen atoms in total. The van der Waals surface area contributed by atoms with Gasteiger partial charge in [0.05, 0.1) is 0 Å². The van der Waals surface area contributed by atoms with E-state index < -0.39 is 0 Å². The molecule has 0 saturated carbocycles. The lowest BCUT2D eigenvalue weighted by Crippen LogP contribution is -2.04. The second-order valence-electron chi connectivity index (χ2n) is 4.30. The third kappa shape index (κ3) is 3.81. The largest absolute Gasteiger partial charge is 0.457 e. The second-order valence-corrected chi connectivity index (χ2v) is 6.07. The highest BCUT2D eigenvalue weighted by atomic mass is 79.9. The van der Waals surface area contributed by atoms with E-state index in [1.165, 1.54) is 0 Å². The first-order valence-corrected chi connectivity index (χ1v) is 7.61. The molecule has 0 unspecified atom stereocenters. The SMILES string of the molecule is Cc1cc(Oc2cc(Br)ccc2CCN)ccc1Br. The molecule has 0 aliphatic rings. The summed E-state index contributed by atoms with van der Waals surface area (Å²) in [5.74, 6) is 1.68. The van der Waals surface area contributed by atoms with Crippen molar-refractivity contribution in [3.05, 3.63) is 56.5 Å². The fraction of sp³-hybridized carbons (Fsp3) is 0.200. The molecule has 0 amide bonds. The van der Waals surface area contributed by atoms with Crippen LogP contribution in [0.15, 0.2) is 45.3 Å². The molecule has 4 heteroatoms. The zero-order valence-corrected chi connectivity index (χ0v) is 13.8. The molecule has 0 aromatic heterocycles. The van der Waals surface area contributed by atoms with Crippen molar-refractivity contribution in [1.82, 2.24) is 0 Å². The Bertz CT molecular complexity index is 584. The van der Waals surface area contributed by atoms with E-state index in [0.29, 0.717) is 6.54 Å². The molecule has 0 aliphatic heterocycles. The van der Waals surface area contributed by atoms with Crippen LogP contribution in [0.4, 0.5) is 0 Å². The van der Waals surface area contributed by atoms with Crippen LogP contribution in [-0.2, 0) is 6.42 Å². The van der Waals surface area contributed by atoms with E-state index in [1.807, 2.05) is 43.3 Å². The van der Waals surface area contributed by atoms with Crippen LogP contribution in [0, 0.1) is 6.92 Å². The summed E-state index contributed by atoms with van der Waals surface area (Å²) in [7, 11) is 0. The van der Waals surface area contributed by atoms with E-state index in [4.69, 9.17) is 10.5 Å². The minimum Gasteiger partial charge on any atom is -0.457 e. The predicted molar refractivity (Wildman–Crippen MR) is 85.9 cm³/mol. The number of halogens is 2. The summed E-state index contributed by atoms with van der Waals surface area (Å²) in [5, 5.41) is 0. The normalized spacial score (nSPS) is 10.5. The van der Waals surface area contributed by atoms with Crippen LogP contribution < -0.4 is 10.5 Å². The second kappa shape index (κ2) is 6.55. The number of hydrogen-bond acceptors (Lipinski definition) is 2. The van der Waals surface area contributed by atoms with Crippen LogP contribution in [0.2, 0.25) is 0 Å². The molecular weight excluding hydrogens is 370 g/mol. The van der Waals surface area contributed by atoms with E-state index >= 15 is 0 Å². The Labute approximate surface area is 130 Å². The lowest BCUT2D eigenvalue weighted by Gasteiger charge is -2.12. The summed E-state index contributed by atoms with van der Waals surface area (Å²) >= 11 is 6.95. The van der Waals surface area contributed by atoms with Crippen molar-refractivity contribution in [2.45, 2.75) is 13.3 Å². The molecule has 0 bridgehead atoms. The highest BCUT2D eigenvalue weighted by molar-refractivity contribution is 9.10. The molecule has 100 valence electrons. The first kappa shape index (κ1) is 14.6. The van der Waals surface area contributed by atoms with Gasteiger partial charge in [-0.25, -0.2) is 0 Å². The predicted octanol–water partition coefficient (Wildman–Crippen LogP) is 4.81. The minimum atomic E-state index is 0.608. The van der Waals surface area contributed by atoms with Crippen molar-refractivity contribution in [2.75, 3.05) is 6.54 Å². The summed E-state index contributed by atoms with van der Waals surface area (Å²) in [4.78, 5) is 0. The third-order valence-corrected chi connectivity index (χ3v) is 4.18. The molecule has 2 aromatic rings. The number of benzene rings is 2. The molecule has 0 fully saturated rings. The molecular formula is C15H15Br2NO. The van der Waals surface area contributed by atoms with E-state index in [0.717, 1.165) is 38.0 Å². The van der Waals surface area contributed by atoms with Crippen LogP contribution in [0.25, 0.3) is 0 Å². The highest BCUT2D eigenvalue weighted by Crippen LogP contribution is 2.30. The Morgan fingerprint density at radius 2 is 1.89 bits per heavy atom. The summed E-state index contributed by atoms with van der Waals surface area (Å²) < 4.78 is 8.05. The van der Waals surface area contributed by atoms with Gasteiger partial charge in [-0.15, -0.1) is 0 Å². The van der Waals surface area contributed by atoms with Gasteiger partial charge < -0.3 is 10.5 Å². The Morgan fingerprint density at radius 3 is 2.58 bits per heavy atom. The molecule has 0 aliphatic carbocycles. The van der Waals surface area contributed by atoms with E-state index in [2.05, 4.69) is 31.9 Å². The maximum Gasteiger partial charge on any atom is 0.131 e. The fourth-order valence-electron chi connectivity index (χ4n) is 1.79. The average molecular weight is 385 g/mol. The fourth-order valence-corrected chi connectivity index (χ4v) is 2.38. The van der Waals surface area contributed by atoms with Gasteiger partial charge in [-0.2, -0.15) is 0 Å². The topological polar surface area (TPSA) is 35.2 Å². The monoisotopic (exact) mass is 383 g/mol. The lowest BCUT2D eigenvalue weighted by molar-refractivity contribution is 0.475. The Balaban J connectivity index is 2.30. The summed E-state index contributed by atoms with van der Waals surface area (Å²) in [6.45, 7) is 2.65. The number of rotatable bonds is 4.